The summed E-state index contributed by atoms with van der Waals surface area (Å²) in [5.74, 6) is 5.89. The number of phenolic OH excluding ortho intramolecular Hbond substituents is 1. The molecule has 0 fully saturated rings. The minimum absolute atomic E-state index is 0.193. The van der Waals surface area contributed by atoms with Gasteiger partial charge in [0.25, 0.3) is 0 Å². The van der Waals surface area contributed by atoms with Gasteiger partial charge in [-0.2, -0.15) is 0 Å². The van der Waals surface area contributed by atoms with Crippen molar-refractivity contribution in [1.29, 1.82) is 0 Å². The van der Waals surface area contributed by atoms with Crippen LogP contribution in [0.25, 0.3) is 0 Å². The van der Waals surface area contributed by atoms with Crippen molar-refractivity contribution in [2.45, 2.75) is 6.42 Å². The first-order valence-corrected chi connectivity index (χ1v) is 4.71. The highest BCUT2D eigenvalue weighted by molar-refractivity contribution is 9.10. The van der Waals surface area contributed by atoms with Crippen LogP contribution in [0.1, 0.15) is 12.0 Å². The van der Waals surface area contributed by atoms with Gasteiger partial charge in [0.15, 0.2) is 0 Å². The third-order valence-electron chi connectivity index (χ3n) is 1.45. The Morgan fingerprint density at radius 1 is 1.46 bits per heavy atom. The van der Waals surface area contributed by atoms with Crippen LogP contribution in [0.15, 0.2) is 22.7 Å². The average Bonchev–Trinajstić information content (AvgIpc) is 2.09. The molecule has 0 aliphatic rings. The van der Waals surface area contributed by atoms with Crippen LogP contribution >= 0.6 is 15.9 Å². The second-order valence-corrected chi connectivity index (χ2v) is 3.42. The van der Waals surface area contributed by atoms with Crippen LogP contribution in [0, 0.1) is 11.8 Å². The van der Waals surface area contributed by atoms with E-state index in [0.717, 1.165) is 4.47 Å². The normalized spacial score (nSPS) is 9.08. The molecule has 0 amide bonds. The van der Waals surface area contributed by atoms with Gasteiger partial charge in [-0.05, 0) is 18.2 Å². The Hall–Kier alpha value is -0.980. The lowest BCUT2D eigenvalue weighted by Crippen LogP contribution is -1.95. The molecule has 13 heavy (non-hydrogen) atoms. The first-order valence-electron chi connectivity index (χ1n) is 3.91. The SMILES string of the molecule is NCCC#Cc1ccc(Br)cc1O. The summed E-state index contributed by atoms with van der Waals surface area (Å²) in [6.07, 6.45) is 0.648. The maximum atomic E-state index is 9.43. The highest BCUT2D eigenvalue weighted by Crippen LogP contribution is 2.21. The molecule has 0 heterocycles. The Kier molecular flexibility index (Phi) is 3.81. The Morgan fingerprint density at radius 3 is 2.85 bits per heavy atom. The third-order valence-corrected chi connectivity index (χ3v) is 1.95. The van der Waals surface area contributed by atoms with E-state index >= 15 is 0 Å². The topological polar surface area (TPSA) is 46.2 Å². The van der Waals surface area contributed by atoms with Crippen molar-refractivity contribution in [1.82, 2.24) is 0 Å². The molecular formula is C10H10BrNO. The van der Waals surface area contributed by atoms with E-state index in [-0.39, 0.29) is 5.75 Å². The van der Waals surface area contributed by atoms with Crippen LogP contribution in [0.2, 0.25) is 0 Å². The van der Waals surface area contributed by atoms with E-state index in [2.05, 4.69) is 27.8 Å². The Balaban J connectivity index is 2.85. The molecule has 0 aromatic heterocycles. The standard InChI is InChI=1S/C10H10BrNO/c11-9-5-4-8(10(13)7-9)3-1-2-6-12/h4-5,7,13H,2,6,12H2. The smallest absolute Gasteiger partial charge is 0.132 e. The van der Waals surface area contributed by atoms with E-state index in [0.29, 0.717) is 18.5 Å². The van der Waals surface area contributed by atoms with Crippen molar-refractivity contribution in [3.63, 3.8) is 0 Å². The summed E-state index contributed by atoms with van der Waals surface area (Å²) in [5, 5.41) is 9.43. The molecule has 68 valence electrons. The summed E-state index contributed by atoms with van der Waals surface area (Å²) in [5.41, 5.74) is 5.92. The molecule has 3 N–H and O–H groups in total. The van der Waals surface area contributed by atoms with Crippen molar-refractivity contribution in [2.75, 3.05) is 6.54 Å². The number of phenols is 1. The molecule has 0 aliphatic carbocycles. The van der Waals surface area contributed by atoms with Gasteiger partial charge in [0.2, 0.25) is 0 Å². The largest absolute Gasteiger partial charge is 0.507 e. The molecule has 1 rings (SSSR count). The fourth-order valence-electron chi connectivity index (χ4n) is 0.840. The number of hydrogen-bond acceptors (Lipinski definition) is 2. The zero-order valence-electron chi connectivity index (χ0n) is 7.05. The zero-order chi connectivity index (χ0) is 9.68. The van der Waals surface area contributed by atoms with Crippen molar-refractivity contribution in [2.24, 2.45) is 5.73 Å². The molecule has 0 aliphatic heterocycles. The fourth-order valence-corrected chi connectivity index (χ4v) is 1.19. The maximum Gasteiger partial charge on any atom is 0.132 e. The monoisotopic (exact) mass is 239 g/mol. The van der Waals surface area contributed by atoms with E-state index < -0.39 is 0 Å². The van der Waals surface area contributed by atoms with Crippen LogP contribution < -0.4 is 5.73 Å². The van der Waals surface area contributed by atoms with Crippen molar-refractivity contribution in [3.05, 3.63) is 28.2 Å². The van der Waals surface area contributed by atoms with Gasteiger partial charge < -0.3 is 10.8 Å². The maximum absolute atomic E-state index is 9.43. The quantitative estimate of drug-likeness (QED) is 0.736. The van der Waals surface area contributed by atoms with Crippen molar-refractivity contribution >= 4 is 15.9 Å². The molecule has 0 bridgehead atoms. The summed E-state index contributed by atoms with van der Waals surface area (Å²) in [7, 11) is 0. The Labute approximate surface area is 85.9 Å². The van der Waals surface area contributed by atoms with Crippen LogP contribution in [0.4, 0.5) is 0 Å². The van der Waals surface area contributed by atoms with Crippen LogP contribution in [-0.4, -0.2) is 11.7 Å². The fraction of sp³-hybridized carbons (Fsp3) is 0.200. The molecule has 1 aromatic carbocycles. The molecule has 2 nitrogen and oxygen atoms in total. The summed E-state index contributed by atoms with van der Waals surface area (Å²) >= 11 is 3.25. The number of nitrogens with two attached hydrogens (primary N) is 1. The van der Waals surface area contributed by atoms with E-state index in [1.165, 1.54) is 0 Å². The molecule has 3 heteroatoms. The van der Waals surface area contributed by atoms with E-state index in [4.69, 9.17) is 5.73 Å². The number of benzene rings is 1. The highest BCUT2D eigenvalue weighted by atomic mass is 79.9. The number of hydrogen-bond donors (Lipinski definition) is 2. The van der Waals surface area contributed by atoms with Gasteiger partial charge >= 0.3 is 0 Å². The number of aromatic hydroxyl groups is 1. The first-order chi connectivity index (χ1) is 6.24. The lowest BCUT2D eigenvalue weighted by atomic mass is 10.2. The molecule has 0 saturated carbocycles. The molecule has 0 saturated heterocycles. The van der Waals surface area contributed by atoms with Gasteiger partial charge in [-0.1, -0.05) is 27.8 Å². The molecule has 0 spiro atoms. The molecule has 0 unspecified atom stereocenters. The van der Waals surface area contributed by atoms with E-state index in [1.54, 1.807) is 12.1 Å². The second kappa shape index (κ2) is 4.90. The molecule has 1 aromatic rings. The van der Waals surface area contributed by atoms with Gasteiger partial charge in [0, 0.05) is 17.4 Å². The summed E-state index contributed by atoms with van der Waals surface area (Å²) in [4.78, 5) is 0. The number of rotatable bonds is 1. The van der Waals surface area contributed by atoms with Crippen LogP contribution in [0.3, 0.4) is 0 Å². The van der Waals surface area contributed by atoms with Gasteiger partial charge in [0.1, 0.15) is 5.75 Å². The molecule has 0 radical (unpaired) electrons. The third kappa shape index (κ3) is 3.10. The van der Waals surface area contributed by atoms with E-state index in [1.807, 2.05) is 6.07 Å². The van der Waals surface area contributed by atoms with Crippen molar-refractivity contribution in [3.8, 4) is 17.6 Å². The van der Waals surface area contributed by atoms with Gasteiger partial charge in [-0.3, -0.25) is 0 Å². The minimum atomic E-state index is 0.193. The summed E-state index contributed by atoms with van der Waals surface area (Å²) < 4.78 is 0.842. The van der Waals surface area contributed by atoms with Gasteiger partial charge in [-0.15, -0.1) is 0 Å². The Morgan fingerprint density at radius 2 is 2.23 bits per heavy atom. The zero-order valence-corrected chi connectivity index (χ0v) is 8.63. The number of halogens is 1. The molecular weight excluding hydrogens is 230 g/mol. The average molecular weight is 240 g/mol. The van der Waals surface area contributed by atoms with E-state index in [9.17, 15) is 5.11 Å². The van der Waals surface area contributed by atoms with Crippen LogP contribution in [-0.2, 0) is 0 Å². The lowest BCUT2D eigenvalue weighted by molar-refractivity contribution is 0.473. The summed E-state index contributed by atoms with van der Waals surface area (Å²) in [6.45, 7) is 0.546. The van der Waals surface area contributed by atoms with Gasteiger partial charge in [0.05, 0.1) is 5.56 Å². The minimum Gasteiger partial charge on any atom is -0.507 e. The Bertz CT molecular complexity index is 352. The van der Waals surface area contributed by atoms with Gasteiger partial charge in [-0.25, -0.2) is 0 Å². The first kappa shape index (κ1) is 10.1. The highest BCUT2D eigenvalue weighted by Gasteiger charge is 1.96. The second-order valence-electron chi connectivity index (χ2n) is 2.50. The lowest BCUT2D eigenvalue weighted by Gasteiger charge is -1.96. The summed E-state index contributed by atoms with van der Waals surface area (Å²) in [6, 6.07) is 5.22. The predicted molar refractivity (Wildman–Crippen MR) is 56.4 cm³/mol. The van der Waals surface area contributed by atoms with Crippen molar-refractivity contribution < 1.29 is 5.11 Å². The predicted octanol–water partition coefficient (Wildman–Crippen LogP) is 1.85. The van der Waals surface area contributed by atoms with Crippen LogP contribution in [0.5, 0.6) is 5.75 Å². The molecule has 0 atom stereocenters.